The summed E-state index contributed by atoms with van der Waals surface area (Å²) in [6.07, 6.45) is 0. The maximum Gasteiger partial charge on any atom is 0.154 e. The second-order valence-electron chi connectivity index (χ2n) is 6.28. The predicted octanol–water partition coefficient (Wildman–Crippen LogP) is 5.91. The minimum Gasteiger partial charge on any atom is -0.322 e. The summed E-state index contributed by atoms with van der Waals surface area (Å²) >= 11 is 48.7. The number of aromatic nitrogens is 3. The maximum absolute atomic E-state index is 6.33. The Labute approximate surface area is 218 Å². The largest absolute Gasteiger partial charge is 0.322 e. The summed E-state index contributed by atoms with van der Waals surface area (Å²) < 4.78 is 0. The van der Waals surface area contributed by atoms with Crippen molar-refractivity contribution in [3.8, 4) is 0 Å². The van der Waals surface area contributed by atoms with E-state index in [1.807, 2.05) is 0 Å². The first kappa shape index (κ1) is 22.3. The van der Waals surface area contributed by atoms with Gasteiger partial charge in [0.15, 0.2) is 45.9 Å². The summed E-state index contributed by atoms with van der Waals surface area (Å²) in [5.74, 6) is 1.22. The second kappa shape index (κ2) is 8.07. The third-order valence-electron chi connectivity index (χ3n) is 4.30. The van der Waals surface area contributed by atoms with Gasteiger partial charge in [-0.2, -0.15) is 0 Å². The van der Waals surface area contributed by atoms with Crippen molar-refractivity contribution in [3.63, 3.8) is 0 Å². The summed E-state index contributed by atoms with van der Waals surface area (Å²) in [4.78, 5) is 26.8. The van der Waals surface area contributed by atoms with Crippen LogP contribution in [0, 0.1) is 0 Å². The molecule has 4 N–H and O–H groups in total. The number of hydrogen-bond donors (Lipinski definition) is 4. The first-order valence-corrected chi connectivity index (χ1v) is 11.4. The van der Waals surface area contributed by atoms with Gasteiger partial charge in [-0.25, -0.2) is 20.0 Å². The Morgan fingerprint density at radius 2 is 0.812 bits per heavy atom. The number of rotatable bonds is 0. The topological polar surface area (TPSA) is 109 Å². The molecule has 0 aliphatic carbocycles. The zero-order chi connectivity index (χ0) is 22.9. The van der Waals surface area contributed by atoms with Crippen LogP contribution in [0.4, 0.5) is 23.3 Å². The molecule has 5 rings (SSSR count). The lowest BCUT2D eigenvalue weighted by atomic mass is 10.3. The van der Waals surface area contributed by atoms with E-state index in [4.69, 9.17) is 94.0 Å². The van der Waals surface area contributed by atoms with Crippen LogP contribution >= 0.6 is 94.0 Å². The summed E-state index contributed by atoms with van der Waals surface area (Å²) in [5.41, 5.74) is 0.345. The summed E-state index contributed by atoms with van der Waals surface area (Å²) in [7, 11) is 0. The highest BCUT2D eigenvalue weighted by Gasteiger charge is 2.29. The molecule has 8 bridgehead atoms. The molecular formula is C16H4Cl6N8S2. The Kier molecular flexibility index (Phi) is 5.62. The van der Waals surface area contributed by atoms with Crippen LogP contribution in [0.3, 0.4) is 0 Å². The highest BCUT2D eigenvalue weighted by Crippen LogP contribution is 2.41. The van der Waals surface area contributed by atoms with Gasteiger partial charge in [0.25, 0.3) is 0 Å². The molecule has 2 aliphatic heterocycles. The molecule has 5 heterocycles. The molecule has 2 aliphatic rings. The molecule has 3 aromatic heterocycles. The minimum atomic E-state index is 0.103. The SMILES string of the molecule is S=C1C(=S)C2=Nc3[nH]c(c(Cl)c3Cl)N=c3[nH]c(c(Cl)c3Cl)=Nc3[nH]c(c(Cl)c3Cl)N=C1N2. The Bertz CT molecular complexity index is 1450. The highest BCUT2D eigenvalue weighted by atomic mass is 35.5. The van der Waals surface area contributed by atoms with Crippen LogP contribution in [0.25, 0.3) is 0 Å². The number of aromatic amines is 3. The number of nitrogens with zero attached hydrogens (tertiary/aromatic N) is 4. The van der Waals surface area contributed by atoms with Gasteiger partial charge in [0.2, 0.25) is 0 Å². The van der Waals surface area contributed by atoms with Crippen molar-refractivity contribution in [1.29, 1.82) is 0 Å². The summed E-state index contributed by atoms with van der Waals surface area (Å²) in [5, 5.41) is 3.61. The van der Waals surface area contributed by atoms with E-state index in [-0.39, 0.29) is 85.8 Å². The molecule has 8 nitrogen and oxygen atoms in total. The third-order valence-corrected chi connectivity index (χ3v) is 7.73. The minimum absolute atomic E-state index is 0.103. The molecule has 0 radical (unpaired) electrons. The van der Waals surface area contributed by atoms with E-state index in [0.29, 0.717) is 0 Å². The van der Waals surface area contributed by atoms with Crippen molar-refractivity contribution in [1.82, 2.24) is 20.3 Å². The number of thiocarbonyl (C=S) groups is 2. The summed E-state index contributed by atoms with van der Waals surface area (Å²) in [6, 6.07) is 0. The fraction of sp³-hybridized carbons (Fsp3) is 0. The maximum atomic E-state index is 6.33. The van der Waals surface area contributed by atoms with E-state index in [1.165, 1.54) is 0 Å². The van der Waals surface area contributed by atoms with Crippen molar-refractivity contribution in [2.24, 2.45) is 20.0 Å². The molecule has 0 spiro atoms. The van der Waals surface area contributed by atoms with Crippen molar-refractivity contribution >= 4 is 139 Å². The van der Waals surface area contributed by atoms with Crippen LogP contribution in [-0.4, -0.2) is 36.4 Å². The van der Waals surface area contributed by atoms with E-state index < -0.39 is 0 Å². The van der Waals surface area contributed by atoms with E-state index in [1.54, 1.807) is 0 Å². The van der Waals surface area contributed by atoms with Gasteiger partial charge < -0.3 is 20.3 Å². The smallest absolute Gasteiger partial charge is 0.154 e. The van der Waals surface area contributed by atoms with Gasteiger partial charge in [0, 0.05) is 0 Å². The summed E-state index contributed by atoms with van der Waals surface area (Å²) in [6.45, 7) is 0. The predicted molar refractivity (Wildman–Crippen MR) is 137 cm³/mol. The molecule has 16 heteroatoms. The highest BCUT2D eigenvalue weighted by molar-refractivity contribution is 7.92. The zero-order valence-corrected chi connectivity index (χ0v) is 21.0. The van der Waals surface area contributed by atoms with Crippen LogP contribution in [0.15, 0.2) is 20.0 Å². The van der Waals surface area contributed by atoms with Crippen molar-refractivity contribution in [2.45, 2.75) is 0 Å². The first-order chi connectivity index (χ1) is 15.2. The molecule has 1 saturated heterocycles. The molecule has 0 amide bonds. The van der Waals surface area contributed by atoms with Gasteiger partial charge in [-0.05, 0) is 0 Å². The van der Waals surface area contributed by atoms with Gasteiger partial charge in [-0.3, -0.25) is 0 Å². The average molecular weight is 585 g/mol. The van der Waals surface area contributed by atoms with Crippen molar-refractivity contribution in [2.75, 3.05) is 0 Å². The zero-order valence-electron chi connectivity index (χ0n) is 14.9. The average Bonchev–Trinajstić information content (AvgIpc) is 3.37. The van der Waals surface area contributed by atoms with Crippen LogP contribution in [-0.2, 0) is 0 Å². The van der Waals surface area contributed by atoms with E-state index >= 15 is 0 Å². The fourth-order valence-corrected chi connectivity index (χ4v) is 4.26. The first-order valence-electron chi connectivity index (χ1n) is 8.33. The molecule has 0 atom stereocenters. The lowest BCUT2D eigenvalue weighted by Crippen LogP contribution is -2.22. The normalized spacial score (nSPS) is 15.2. The van der Waals surface area contributed by atoms with E-state index in [2.05, 4.69) is 40.2 Å². The Balaban J connectivity index is 1.87. The molecular weight excluding hydrogens is 581 g/mol. The van der Waals surface area contributed by atoms with E-state index in [9.17, 15) is 0 Å². The van der Waals surface area contributed by atoms with Gasteiger partial charge in [0.05, 0.1) is 0 Å². The number of hydrogen-bond acceptors (Lipinski definition) is 7. The standard InChI is InChI=1S/C16H4Cl6N8S2/c17-1-2(18)10-23-9(1)24-11-3(19)5(21)13(26-11)28-15-7(31)8(32)16(30-15)29-14-6(22)4(20)12(25-10)27-14/h26-27H,(H,23,24,25)(H,28,29,30). The number of H-pyrrole nitrogens is 3. The molecule has 32 heavy (non-hydrogen) atoms. The molecule has 0 aromatic carbocycles. The fourth-order valence-electron chi connectivity index (χ4n) is 2.80. The second-order valence-corrected chi connectivity index (χ2v) is 9.36. The van der Waals surface area contributed by atoms with Gasteiger partial charge in [-0.1, -0.05) is 94.0 Å². The quantitative estimate of drug-likeness (QED) is 0.247. The van der Waals surface area contributed by atoms with E-state index in [0.717, 1.165) is 0 Å². The van der Waals surface area contributed by atoms with Gasteiger partial charge >= 0.3 is 0 Å². The monoisotopic (exact) mass is 582 g/mol. The number of halogens is 6. The number of nitrogens with one attached hydrogen (secondary N) is 4. The van der Waals surface area contributed by atoms with Crippen LogP contribution in [0.1, 0.15) is 0 Å². The van der Waals surface area contributed by atoms with Gasteiger partial charge in [0.1, 0.15) is 39.9 Å². The lowest BCUT2D eigenvalue weighted by molar-refractivity contribution is 1.09. The Hall–Kier alpha value is -1.50. The van der Waals surface area contributed by atoms with Crippen molar-refractivity contribution < 1.29 is 0 Å². The van der Waals surface area contributed by atoms with Gasteiger partial charge in [-0.15, -0.1) is 0 Å². The third kappa shape index (κ3) is 3.50. The number of aliphatic imine (C=N–C) groups is 2. The van der Waals surface area contributed by atoms with Crippen LogP contribution < -0.4 is 16.3 Å². The molecule has 1 fully saturated rings. The van der Waals surface area contributed by atoms with Crippen molar-refractivity contribution in [3.05, 3.63) is 41.1 Å². The Morgan fingerprint density at radius 1 is 0.469 bits per heavy atom. The molecule has 162 valence electrons. The number of amidine groups is 2. The van der Waals surface area contributed by atoms with Crippen LogP contribution in [0.5, 0.6) is 0 Å². The lowest BCUT2D eigenvalue weighted by Gasteiger charge is -1.98. The molecule has 0 unspecified atom stereocenters. The molecule has 0 saturated carbocycles. The Morgan fingerprint density at radius 3 is 1.19 bits per heavy atom. The number of fused-ring (bicyclic) bond motifs is 8. The molecule has 3 aromatic rings. The van der Waals surface area contributed by atoms with Crippen LogP contribution in [0.2, 0.25) is 30.1 Å².